The van der Waals surface area contributed by atoms with Gasteiger partial charge in [-0.25, -0.2) is 13.2 Å². The summed E-state index contributed by atoms with van der Waals surface area (Å²) in [6.45, 7) is 1.59. The fourth-order valence-electron chi connectivity index (χ4n) is 3.51. The van der Waals surface area contributed by atoms with E-state index in [0.29, 0.717) is 24.1 Å². The smallest absolute Gasteiger partial charge is 0.322 e. The second-order valence-corrected chi connectivity index (χ2v) is 9.58. The number of urea groups is 1. The molecule has 1 aliphatic heterocycles. The molecule has 1 saturated heterocycles. The maximum atomic E-state index is 12.2. The summed E-state index contributed by atoms with van der Waals surface area (Å²) < 4.78 is 24.4. The molecule has 1 saturated carbocycles. The first kappa shape index (κ1) is 19.3. The van der Waals surface area contributed by atoms with E-state index in [2.05, 4.69) is 16.0 Å². The molecule has 4 amide bonds. The Labute approximate surface area is 158 Å². The summed E-state index contributed by atoms with van der Waals surface area (Å²) in [5, 5.41) is 7.11. The lowest BCUT2D eigenvalue weighted by atomic mass is 9.92. The van der Waals surface area contributed by atoms with Crippen LogP contribution in [0.5, 0.6) is 0 Å². The summed E-state index contributed by atoms with van der Waals surface area (Å²) in [5.41, 5.74) is -0.0855. The predicted octanol–water partition coefficient (Wildman–Crippen LogP) is 1.43. The number of benzene rings is 1. The van der Waals surface area contributed by atoms with E-state index < -0.39 is 27.3 Å². The highest BCUT2D eigenvalue weighted by atomic mass is 32.2. The van der Waals surface area contributed by atoms with Crippen molar-refractivity contribution in [2.24, 2.45) is 0 Å². The summed E-state index contributed by atoms with van der Waals surface area (Å²) in [6, 6.07) is 5.94. The Morgan fingerprint density at radius 3 is 2.37 bits per heavy atom. The highest BCUT2D eigenvalue weighted by Gasteiger charge is 2.43. The average molecular weight is 393 g/mol. The standard InChI is InChI=1S/C18H23N3O5S/c1-18(16(23)20-17(24)21-18)12-6-8-13(9-7-12)19-15(22)10-11-27(25,26)14-4-2-3-5-14/h6-9,14H,2-5,10-11H2,1H3,(H,19,22)(H2,20,21,23,24). The van der Waals surface area contributed by atoms with Crippen LogP contribution in [-0.2, 0) is 25.0 Å². The second kappa shape index (κ2) is 7.30. The van der Waals surface area contributed by atoms with E-state index in [-0.39, 0.29) is 23.3 Å². The number of rotatable bonds is 6. The summed E-state index contributed by atoms with van der Waals surface area (Å²) in [7, 11) is -3.23. The number of nitrogens with one attached hydrogen (secondary N) is 3. The molecule has 0 radical (unpaired) electrons. The molecular weight excluding hydrogens is 370 g/mol. The van der Waals surface area contributed by atoms with Crippen LogP contribution in [0.25, 0.3) is 0 Å². The SMILES string of the molecule is CC1(c2ccc(NC(=O)CCS(=O)(=O)C3CCCC3)cc2)NC(=O)NC1=O. The average Bonchev–Trinajstić information content (AvgIpc) is 3.23. The van der Waals surface area contributed by atoms with Gasteiger partial charge in [-0.1, -0.05) is 25.0 Å². The van der Waals surface area contributed by atoms with Gasteiger partial charge in [0.15, 0.2) is 9.84 Å². The Morgan fingerprint density at radius 2 is 1.81 bits per heavy atom. The number of anilines is 1. The number of hydrogen-bond acceptors (Lipinski definition) is 5. The van der Waals surface area contributed by atoms with Crippen LogP contribution in [0.15, 0.2) is 24.3 Å². The zero-order valence-electron chi connectivity index (χ0n) is 15.1. The van der Waals surface area contributed by atoms with Crippen LogP contribution >= 0.6 is 0 Å². The molecule has 146 valence electrons. The van der Waals surface area contributed by atoms with Crippen LogP contribution in [0.4, 0.5) is 10.5 Å². The van der Waals surface area contributed by atoms with E-state index in [4.69, 9.17) is 0 Å². The normalized spacial score (nSPS) is 23.1. The molecule has 1 aliphatic carbocycles. The predicted molar refractivity (Wildman–Crippen MR) is 99.8 cm³/mol. The number of carbonyl (C=O) groups excluding carboxylic acids is 3. The molecule has 0 aromatic heterocycles. The number of sulfone groups is 1. The van der Waals surface area contributed by atoms with Crippen LogP contribution in [0, 0.1) is 0 Å². The topological polar surface area (TPSA) is 121 Å². The molecule has 8 nitrogen and oxygen atoms in total. The highest BCUT2D eigenvalue weighted by Crippen LogP contribution is 2.27. The van der Waals surface area contributed by atoms with Gasteiger partial charge in [-0.05, 0) is 37.5 Å². The van der Waals surface area contributed by atoms with Crippen molar-refractivity contribution in [1.82, 2.24) is 10.6 Å². The molecular formula is C18H23N3O5S. The van der Waals surface area contributed by atoms with Gasteiger partial charge >= 0.3 is 6.03 Å². The van der Waals surface area contributed by atoms with Crippen LogP contribution in [0.1, 0.15) is 44.6 Å². The fraction of sp³-hybridized carbons (Fsp3) is 0.500. The van der Waals surface area contributed by atoms with Gasteiger partial charge in [0.1, 0.15) is 5.54 Å². The third-order valence-electron chi connectivity index (χ3n) is 5.21. The Bertz CT molecular complexity index is 859. The first-order valence-electron chi connectivity index (χ1n) is 8.96. The van der Waals surface area contributed by atoms with Crippen molar-refractivity contribution >= 4 is 33.4 Å². The van der Waals surface area contributed by atoms with E-state index in [1.54, 1.807) is 31.2 Å². The van der Waals surface area contributed by atoms with E-state index in [9.17, 15) is 22.8 Å². The minimum Gasteiger partial charge on any atom is -0.326 e. The minimum absolute atomic E-state index is 0.0865. The molecule has 3 rings (SSSR count). The molecule has 0 spiro atoms. The lowest BCUT2D eigenvalue weighted by Gasteiger charge is -2.21. The van der Waals surface area contributed by atoms with Gasteiger partial charge in [-0.15, -0.1) is 0 Å². The molecule has 2 fully saturated rings. The minimum atomic E-state index is -3.23. The van der Waals surface area contributed by atoms with Crippen molar-refractivity contribution in [3.8, 4) is 0 Å². The molecule has 1 unspecified atom stereocenters. The Morgan fingerprint density at radius 1 is 1.19 bits per heavy atom. The monoisotopic (exact) mass is 393 g/mol. The molecule has 0 bridgehead atoms. The van der Waals surface area contributed by atoms with Gasteiger partial charge < -0.3 is 10.6 Å². The van der Waals surface area contributed by atoms with Crippen molar-refractivity contribution in [3.63, 3.8) is 0 Å². The van der Waals surface area contributed by atoms with Crippen LogP contribution < -0.4 is 16.0 Å². The van der Waals surface area contributed by atoms with E-state index >= 15 is 0 Å². The summed E-state index contributed by atoms with van der Waals surface area (Å²) >= 11 is 0. The van der Waals surface area contributed by atoms with Gasteiger partial charge in [0.25, 0.3) is 5.91 Å². The van der Waals surface area contributed by atoms with Crippen molar-refractivity contribution in [2.75, 3.05) is 11.1 Å². The van der Waals surface area contributed by atoms with E-state index in [0.717, 1.165) is 12.8 Å². The third kappa shape index (κ3) is 4.13. The van der Waals surface area contributed by atoms with Gasteiger partial charge in [0, 0.05) is 12.1 Å². The summed E-state index contributed by atoms with van der Waals surface area (Å²) in [5.74, 6) is -0.963. The molecule has 9 heteroatoms. The van der Waals surface area contributed by atoms with Crippen molar-refractivity contribution in [2.45, 2.75) is 49.8 Å². The molecule has 3 N–H and O–H groups in total. The van der Waals surface area contributed by atoms with Crippen LogP contribution in [0.2, 0.25) is 0 Å². The molecule has 1 atom stereocenters. The van der Waals surface area contributed by atoms with Crippen molar-refractivity contribution in [3.05, 3.63) is 29.8 Å². The van der Waals surface area contributed by atoms with Crippen molar-refractivity contribution in [1.29, 1.82) is 0 Å². The number of hydrogen-bond donors (Lipinski definition) is 3. The maximum Gasteiger partial charge on any atom is 0.322 e. The van der Waals surface area contributed by atoms with Gasteiger partial charge in [0.2, 0.25) is 5.91 Å². The van der Waals surface area contributed by atoms with Gasteiger partial charge in [0.05, 0.1) is 11.0 Å². The third-order valence-corrected chi connectivity index (χ3v) is 7.47. The van der Waals surface area contributed by atoms with E-state index in [1.165, 1.54) is 0 Å². The number of carbonyl (C=O) groups is 3. The molecule has 27 heavy (non-hydrogen) atoms. The molecule has 1 aromatic rings. The lowest BCUT2D eigenvalue weighted by Crippen LogP contribution is -2.40. The Balaban J connectivity index is 1.57. The van der Waals surface area contributed by atoms with Crippen LogP contribution in [0.3, 0.4) is 0 Å². The molecule has 2 aliphatic rings. The first-order valence-corrected chi connectivity index (χ1v) is 10.7. The summed E-state index contributed by atoms with van der Waals surface area (Å²) in [4.78, 5) is 35.4. The fourth-order valence-corrected chi connectivity index (χ4v) is 5.36. The zero-order chi connectivity index (χ0) is 19.7. The Kier molecular flexibility index (Phi) is 5.23. The quantitative estimate of drug-likeness (QED) is 0.631. The Hall–Kier alpha value is -2.42. The number of imide groups is 1. The van der Waals surface area contributed by atoms with Crippen molar-refractivity contribution < 1.29 is 22.8 Å². The second-order valence-electron chi connectivity index (χ2n) is 7.18. The van der Waals surface area contributed by atoms with Gasteiger partial charge in [-0.2, -0.15) is 0 Å². The lowest BCUT2D eigenvalue weighted by molar-refractivity contribution is -0.123. The molecule has 1 aromatic carbocycles. The van der Waals surface area contributed by atoms with Crippen LogP contribution in [-0.4, -0.2) is 37.3 Å². The highest BCUT2D eigenvalue weighted by molar-refractivity contribution is 7.92. The first-order chi connectivity index (χ1) is 12.7. The largest absolute Gasteiger partial charge is 0.326 e. The zero-order valence-corrected chi connectivity index (χ0v) is 15.9. The van der Waals surface area contributed by atoms with E-state index in [1.807, 2.05) is 0 Å². The summed E-state index contributed by atoms with van der Waals surface area (Å²) in [6.07, 6.45) is 3.15. The number of amides is 4. The maximum absolute atomic E-state index is 12.2. The van der Waals surface area contributed by atoms with Gasteiger partial charge in [-0.3, -0.25) is 14.9 Å². The molecule has 1 heterocycles.